The molecule has 26 heavy (non-hydrogen) atoms. The molecule has 1 aliphatic heterocycles. The number of nitrogens with zero attached hydrogens (tertiary/aromatic N) is 1. The maximum absolute atomic E-state index is 14.0. The maximum Gasteiger partial charge on any atom is 0.435 e. The second-order valence-corrected chi connectivity index (χ2v) is 7.59. The van der Waals surface area contributed by atoms with E-state index in [1.807, 2.05) is 12.1 Å². The summed E-state index contributed by atoms with van der Waals surface area (Å²) in [5, 5.41) is 4.73. The van der Waals surface area contributed by atoms with Crippen molar-refractivity contribution < 1.29 is 18.0 Å². The molecule has 0 saturated heterocycles. The molecule has 2 nitrogen and oxygen atoms in total. The molecule has 3 rings (SSSR count). The standard InChI is InChI=1S/C18H13BrCl2F3NO/c19-5-4-11-2-1-3-12(6-11)16-10-17(26-25-16,18(22,23)24)13-7-14(20)9-15(21)8-13/h1-3,6-9H,4-5,10H2. The van der Waals surface area contributed by atoms with Crippen molar-refractivity contribution in [1.82, 2.24) is 0 Å². The number of benzene rings is 2. The van der Waals surface area contributed by atoms with Crippen LogP contribution in [0.15, 0.2) is 47.6 Å². The fraction of sp³-hybridized carbons (Fsp3) is 0.278. The number of alkyl halides is 4. The molecular weight excluding hydrogens is 454 g/mol. The van der Waals surface area contributed by atoms with E-state index in [-0.39, 0.29) is 21.3 Å². The molecule has 1 aliphatic rings. The molecule has 0 fully saturated rings. The lowest BCUT2D eigenvalue weighted by Crippen LogP contribution is -2.42. The van der Waals surface area contributed by atoms with Crippen LogP contribution in [-0.2, 0) is 16.9 Å². The van der Waals surface area contributed by atoms with Crippen molar-refractivity contribution in [2.24, 2.45) is 5.16 Å². The minimum absolute atomic E-state index is 0.104. The Morgan fingerprint density at radius 1 is 1.12 bits per heavy atom. The highest BCUT2D eigenvalue weighted by Gasteiger charge is 2.62. The Bertz CT molecular complexity index is 836. The molecule has 0 bridgehead atoms. The second-order valence-electron chi connectivity index (χ2n) is 5.93. The average Bonchev–Trinajstić information content (AvgIpc) is 3.01. The lowest BCUT2D eigenvalue weighted by molar-refractivity contribution is -0.275. The van der Waals surface area contributed by atoms with Gasteiger partial charge >= 0.3 is 6.18 Å². The van der Waals surface area contributed by atoms with Crippen molar-refractivity contribution in [3.05, 3.63) is 69.2 Å². The number of rotatable bonds is 4. The van der Waals surface area contributed by atoms with Crippen LogP contribution in [0.1, 0.15) is 23.1 Å². The molecule has 0 radical (unpaired) electrons. The summed E-state index contributed by atoms with van der Waals surface area (Å²) in [6.07, 6.45) is -4.39. The van der Waals surface area contributed by atoms with E-state index in [1.165, 1.54) is 18.2 Å². The van der Waals surface area contributed by atoms with E-state index in [4.69, 9.17) is 28.0 Å². The summed E-state index contributed by atoms with van der Waals surface area (Å²) in [6, 6.07) is 11.0. The molecule has 1 heterocycles. The number of hydrogen-bond acceptors (Lipinski definition) is 2. The van der Waals surface area contributed by atoms with Gasteiger partial charge in [0.2, 0.25) is 0 Å². The zero-order valence-electron chi connectivity index (χ0n) is 13.3. The van der Waals surface area contributed by atoms with Crippen molar-refractivity contribution in [3.63, 3.8) is 0 Å². The summed E-state index contributed by atoms with van der Waals surface area (Å²) < 4.78 is 41.9. The normalized spacial score (nSPS) is 20.0. The van der Waals surface area contributed by atoms with E-state index in [2.05, 4.69) is 21.1 Å². The number of hydrogen-bond donors (Lipinski definition) is 0. The molecule has 0 aromatic heterocycles. The Morgan fingerprint density at radius 3 is 2.42 bits per heavy atom. The van der Waals surface area contributed by atoms with Crippen LogP contribution < -0.4 is 0 Å². The van der Waals surface area contributed by atoms with Crippen LogP contribution in [-0.4, -0.2) is 17.2 Å². The third-order valence-corrected chi connectivity index (χ3v) is 4.99. The van der Waals surface area contributed by atoms with E-state index in [1.54, 1.807) is 12.1 Å². The summed E-state index contributed by atoms with van der Waals surface area (Å²) in [5.41, 5.74) is -0.949. The minimum Gasteiger partial charge on any atom is -0.374 e. The summed E-state index contributed by atoms with van der Waals surface area (Å²) in [4.78, 5) is 5.00. The molecule has 0 amide bonds. The zero-order chi connectivity index (χ0) is 18.9. The molecule has 8 heteroatoms. The van der Waals surface area contributed by atoms with Crippen LogP contribution in [0.5, 0.6) is 0 Å². The van der Waals surface area contributed by atoms with E-state index in [0.29, 0.717) is 5.56 Å². The summed E-state index contributed by atoms with van der Waals surface area (Å²) in [6.45, 7) is 0. The predicted molar refractivity (Wildman–Crippen MR) is 100 cm³/mol. The van der Waals surface area contributed by atoms with Gasteiger partial charge < -0.3 is 4.84 Å². The number of halogens is 6. The molecule has 1 unspecified atom stereocenters. The third kappa shape index (κ3) is 3.73. The van der Waals surface area contributed by atoms with Crippen molar-refractivity contribution in [1.29, 1.82) is 0 Å². The third-order valence-electron chi connectivity index (χ3n) is 4.16. The Labute approximate surface area is 167 Å². The maximum atomic E-state index is 14.0. The monoisotopic (exact) mass is 465 g/mol. The largest absolute Gasteiger partial charge is 0.435 e. The highest BCUT2D eigenvalue weighted by molar-refractivity contribution is 9.09. The molecule has 0 N–H and O–H groups in total. The molecule has 0 saturated carbocycles. The average molecular weight is 467 g/mol. The van der Waals surface area contributed by atoms with Gasteiger partial charge in [-0.1, -0.05) is 62.5 Å². The van der Waals surface area contributed by atoms with E-state index in [0.717, 1.165) is 17.3 Å². The van der Waals surface area contributed by atoms with Crippen LogP contribution >= 0.6 is 39.1 Å². The molecule has 1 atom stereocenters. The fourth-order valence-corrected chi connectivity index (χ4v) is 3.84. The second kappa shape index (κ2) is 7.41. The molecule has 0 spiro atoms. The topological polar surface area (TPSA) is 21.6 Å². The zero-order valence-corrected chi connectivity index (χ0v) is 16.4. The first kappa shape index (κ1) is 19.5. The minimum atomic E-state index is -4.69. The van der Waals surface area contributed by atoms with Gasteiger partial charge in [0.15, 0.2) is 0 Å². The van der Waals surface area contributed by atoms with Crippen molar-refractivity contribution in [3.8, 4) is 0 Å². The van der Waals surface area contributed by atoms with E-state index in [9.17, 15) is 13.2 Å². The van der Waals surface area contributed by atoms with Crippen LogP contribution in [0, 0.1) is 0 Å². The van der Waals surface area contributed by atoms with Crippen molar-refractivity contribution in [2.45, 2.75) is 24.6 Å². The molecule has 138 valence electrons. The number of aryl methyl sites for hydroxylation is 1. The Balaban J connectivity index is 2.00. The lowest BCUT2D eigenvalue weighted by Gasteiger charge is -2.29. The van der Waals surface area contributed by atoms with E-state index < -0.39 is 18.2 Å². The van der Waals surface area contributed by atoms with Crippen LogP contribution in [0.4, 0.5) is 13.2 Å². The van der Waals surface area contributed by atoms with Gasteiger partial charge in [-0.15, -0.1) is 0 Å². The summed E-state index contributed by atoms with van der Waals surface area (Å²) >= 11 is 15.2. The van der Waals surface area contributed by atoms with Gasteiger partial charge in [-0.05, 0) is 41.8 Å². The summed E-state index contributed by atoms with van der Waals surface area (Å²) in [7, 11) is 0. The highest BCUT2D eigenvalue weighted by atomic mass is 79.9. The Morgan fingerprint density at radius 2 is 1.81 bits per heavy atom. The molecule has 2 aromatic carbocycles. The molecular formula is C18H13BrCl2F3NO. The molecule has 2 aromatic rings. The summed E-state index contributed by atoms with van der Waals surface area (Å²) in [5.74, 6) is 0. The van der Waals surface area contributed by atoms with Gasteiger partial charge in [0.05, 0.1) is 5.71 Å². The Kier molecular flexibility index (Phi) is 5.56. The van der Waals surface area contributed by atoms with Crippen LogP contribution in [0.25, 0.3) is 0 Å². The van der Waals surface area contributed by atoms with Crippen molar-refractivity contribution >= 4 is 44.8 Å². The van der Waals surface area contributed by atoms with Crippen molar-refractivity contribution in [2.75, 3.05) is 5.33 Å². The highest BCUT2D eigenvalue weighted by Crippen LogP contribution is 2.49. The predicted octanol–water partition coefficient (Wildman–Crippen LogP) is 6.51. The first-order valence-corrected chi connectivity index (χ1v) is 9.56. The van der Waals surface area contributed by atoms with Gasteiger partial charge in [0, 0.05) is 27.4 Å². The van der Waals surface area contributed by atoms with Crippen LogP contribution in [0.3, 0.4) is 0 Å². The number of oxime groups is 1. The Hall–Kier alpha value is -1.24. The van der Waals surface area contributed by atoms with Gasteiger partial charge in [0.25, 0.3) is 5.60 Å². The van der Waals surface area contributed by atoms with Gasteiger partial charge in [0.1, 0.15) is 0 Å². The van der Waals surface area contributed by atoms with Gasteiger partial charge in [-0.3, -0.25) is 0 Å². The lowest BCUT2D eigenvalue weighted by atomic mass is 9.86. The first-order chi connectivity index (χ1) is 12.2. The quantitative estimate of drug-likeness (QED) is 0.470. The first-order valence-electron chi connectivity index (χ1n) is 7.69. The fourth-order valence-electron chi connectivity index (χ4n) is 2.86. The van der Waals surface area contributed by atoms with Crippen LogP contribution in [0.2, 0.25) is 10.0 Å². The SMILES string of the molecule is FC(F)(F)C1(c2cc(Cl)cc(Cl)c2)CC(c2cccc(CCBr)c2)=NO1. The van der Waals surface area contributed by atoms with E-state index >= 15 is 0 Å². The smallest absolute Gasteiger partial charge is 0.374 e. The molecule has 0 aliphatic carbocycles. The van der Waals surface area contributed by atoms with Gasteiger partial charge in [-0.2, -0.15) is 13.2 Å². The van der Waals surface area contributed by atoms with Gasteiger partial charge in [-0.25, -0.2) is 0 Å².